The molecule has 146 valence electrons. The molecule has 1 aromatic carbocycles. The number of hydrogen-bond acceptors (Lipinski definition) is 3. The van der Waals surface area contributed by atoms with E-state index in [0.717, 1.165) is 18.4 Å². The number of nitrogens with one attached hydrogen (secondary N) is 1. The van der Waals surface area contributed by atoms with E-state index in [4.69, 9.17) is 0 Å². The average Bonchev–Trinajstić information content (AvgIpc) is 3.23. The van der Waals surface area contributed by atoms with Gasteiger partial charge in [0.25, 0.3) is 0 Å². The van der Waals surface area contributed by atoms with Crippen LogP contribution in [0.25, 0.3) is 0 Å². The molecule has 4 saturated carbocycles. The molecule has 6 unspecified atom stereocenters. The van der Waals surface area contributed by atoms with Crippen molar-refractivity contribution in [1.82, 2.24) is 15.4 Å². The maximum Gasteiger partial charge on any atom is 0.123 e. The van der Waals surface area contributed by atoms with Gasteiger partial charge in [0.2, 0.25) is 0 Å². The number of nitrogens with zero attached hydrogens (tertiary/aromatic N) is 2. The predicted molar refractivity (Wildman–Crippen MR) is 107 cm³/mol. The summed E-state index contributed by atoms with van der Waals surface area (Å²) < 4.78 is 13.7. The van der Waals surface area contributed by atoms with Crippen molar-refractivity contribution >= 4 is 0 Å². The first-order chi connectivity index (χ1) is 13.7. The van der Waals surface area contributed by atoms with Crippen LogP contribution in [0.2, 0.25) is 0 Å². The Morgan fingerprint density at radius 3 is 2.61 bits per heavy atom. The largest absolute Gasteiger partial charge is 0.265 e. The zero-order chi connectivity index (χ0) is 18.7. The molecule has 7 rings (SSSR count). The van der Waals surface area contributed by atoms with E-state index in [1.807, 2.05) is 12.4 Å². The lowest BCUT2D eigenvalue weighted by Gasteiger charge is -2.66. The Balaban J connectivity index is 1.49. The molecule has 4 bridgehead atoms. The Morgan fingerprint density at radius 1 is 1.04 bits per heavy atom. The van der Waals surface area contributed by atoms with Crippen LogP contribution < -0.4 is 5.43 Å². The van der Waals surface area contributed by atoms with Gasteiger partial charge in [-0.1, -0.05) is 12.1 Å². The highest BCUT2D eigenvalue weighted by molar-refractivity contribution is 5.39. The number of hydrogen-bond donors (Lipinski definition) is 1. The highest BCUT2D eigenvalue weighted by Gasteiger charge is 2.62. The van der Waals surface area contributed by atoms with E-state index >= 15 is 0 Å². The summed E-state index contributed by atoms with van der Waals surface area (Å²) in [6.45, 7) is 2.29. The molecular formula is C24H28FN3. The summed E-state index contributed by atoms with van der Waals surface area (Å²) in [4.78, 5) is 4.29. The van der Waals surface area contributed by atoms with Gasteiger partial charge < -0.3 is 0 Å². The number of benzene rings is 1. The van der Waals surface area contributed by atoms with E-state index in [0.29, 0.717) is 17.9 Å². The van der Waals surface area contributed by atoms with Gasteiger partial charge in [-0.15, -0.1) is 0 Å². The zero-order valence-electron chi connectivity index (χ0n) is 16.2. The van der Waals surface area contributed by atoms with E-state index in [-0.39, 0.29) is 11.2 Å². The Bertz CT molecular complexity index is 848. The van der Waals surface area contributed by atoms with E-state index in [9.17, 15) is 4.39 Å². The summed E-state index contributed by atoms with van der Waals surface area (Å²) >= 11 is 0. The third kappa shape index (κ3) is 2.44. The highest BCUT2D eigenvalue weighted by atomic mass is 19.1. The zero-order valence-corrected chi connectivity index (χ0v) is 16.2. The number of aromatic nitrogens is 1. The first-order valence-electron chi connectivity index (χ1n) is 10.9. The maximum absolute atomic E-state index is 13.7. The van der Waals surface area contributed by atoms with E-state index in [1.165, 1.54) is 49.8 Å². The predicted octanol–water partition coefficient (Wildman–Crippen LogP) is 4.27. The first kappa shape index (κ1) is 17.1. The minimum Gasteiger partial charge on any atom is -0.265 e. The number of hydrazine groups is 1. The third-order valence-corrected chi connectivity index (χ3v) is 8.20. The van der Waals surface area contributed by atoms with Crippen LogP contribution >= 0.6 is 0 Å². The van der Waals surface area contributed by atoms with Crippen LogP contribution in [0.5, 0.6) is 0 Å². The van der Waals surface area contributed by atoms with Gasteiger partial charge in [0.1, 0.15) is 5.82 Å². The number of rotatable bonds is 3. The second-order valence-electron chi connectivity index (χ2n) is 9.54. The monoisotopic (exact) mass is 377 g/mol. The van der Waals surface area contributed by atoms with Gasteiger partial charge in [-0.2, -0.15) is 0 Å². The molecule has 1 aromatic heterocycles. The summed E-state index contributed by atoms with van der Waals surface area (Å²) in [5.41, 5.74) is 6.60. The summed E-state index contributed by atoms with van der Waals surface area (Å²) in [7, 11) is 0. The van der Waals surface area contributed by atoms with Crippen molar-refractivity contribution in [2.75, 3.05) is 13.1 Å². The molecule has 3 nitrogen and oxygen atoms in total. The average molecular weight is 378 g/mol. The smallest absolute Gasteiger partial charge is 0.123 e. The molecule has 6 atom stereocenters. The topological polar surface area (TPSA) is 28.2 Å². The minimum atomic E-state index is -0.131. The maximum atomic E-state index is 13.7. The van der Waals surface area contributed by atoms with Crippen LogP contribution in [-0.2, 0) is 5.41 Å². The lowest BCUT2D eigenvalue weighted by molar-refractivity contribution is -0.103. The van der Waals surface area contributed by atoms with Crippen molar-refractivity contribution in [2.24, 2.45) is 17.8 Å². The summed E-state index contributed by atoms with van der Waals surface area (Å²) in [5, 5.41) is 2.58. The van der Waals surface area contributed by atoms with Gasteiger partial charge in [-0.3, -0.25) is 10.4 Å². The minimum absolute atomic E-state index is 0.131. The van der Waals surface area contributed by atoms with Gasteiger partial charge in [-0.05, 0) is 91.2 Å². The Morgan fingerprint density at radius 2 is 1.86 bits per heavy atom. The Kier molecular flexibility index (Phi) is 3.89. The molecular weight excluding hydrogens is 349 g/mol. The lowest BCUT2D eigenvalue weighted by atomic mass is 9.41. The molecule has 5 aliphatic rings. The number of halogens is 1. The lowest BCUT2D eigenvalue weighted by Crippen LogP contribution is -2.65. The molecule has 0 amide bonds. The third-order valence-electron chi connectivity index (χ3n) is 8.20. The van der Waals surface area contributed by atoms with Crippen molar-refractivity contribution in [3.63, 3.8) is 0 Å². The number of pyridine rings is 1. The second kappa shape index (κ2) is 6.36. The van der Waals surface area contributed by atoms with Crippen LogP contribution in [0.15, 0.2) is 48.8 Å². The quantitative estimate of drug-likeness (QED) is 0.866. The Hall–Kier alpha value is -1.78. The van der Waals surface area contributed by atoms with Crippen molar-refractivity contribution in [3.8, 4) is 0 Å². The standard InChI is InChI=1S/C24H28FN3/c25-20-4-2-19(3-5-20)24-14-16-12-18(15-24)23(28-11-1-8-27-28)21(13-16)22(24)17-6-9-26-10-7-17/h2-7,9-10,16,18,21-23,27H,1,8,11-15H2. The van der Waals surface area contributed by atoms with Gasteiger partial charge in [0.05, 0.1) is 0 Å². The molecule has 1 N–H and O–H groups in total. The molecule has 4 aliphatic carbocycles. The fourth-order valence-electron chi connectivity index (χ4n) is 7.60. The Labute approximate surface area is 166 Å². The summed E-state index contributed by atoms with van der Waals surface area (Å²) in [5.74, 6) is 2.57. The van der Waals surface area contributed by atoms with Crippen LogP contribution in [0.4, 0.5) is 4.39 Å². The summed E-state index contributed by atoms with van der Waals surface area (Å²) in [6, 6.07) is 12.6. The first-order valence-corrected chi connectivity index (χ1v) is 10.9. The van der Waals surface area contributed by atoms with Crippen molar-refractivity contribution in [2.45, 2.75) is 49.5 Å². The van der Waals surface area contributed by atoms with Gasteiger partial charge >= 0.3 is 0 Å². The van der Waals surface area contributed by atoms with Crippen molar-refractivity contribution in [1.29, 1.82) is 0 Å². The molecule has 28 heavy (non-hydrogen) atoms. The normalized spacial score (nSPS) is 39.5. The fourth-order valence-corrected chi connectivity index (χ4v) is 7.60. The van der Waals surface area contributed by atoms with E-state index < -0.39 is 0 Å². The molecule has 5 fully saturated rings. The van der Waals surface area contributed by atoms with Crippen molar-refractivity contribution < 1.29 is 4.39 Å². The van der Waals surface area contributed by atoms with Crippen LogP contribution in [0, 0.1) is 23.6 Å². The van der Waals surface area contributed by atoms with Gasteiger partial charge in [0, 0.05) is 36.9 Å². The molecule has 1 saturated heterocycles. The van der Waals surface area contributed by atoms with Gasteiger partial charge in [0.15, 0.2) is 0 Å². The molecule has 0 radical (unpaired) electrons. The van der Waals surface area contributed by atoms with Crippen LogP contribution in [0.1, 0.15) is 49.1 Å². The fraction of sp³-hybridized carbons (Fsp3) is 0.542. The molecule has 4 heteroatoms. The van der Waals surface area contributed by atoms with Gasteiger partial charge in [-0.25, -0.2) is 9.40 Å². The van der Waals surface area contributed by atoms with E-state index in [2.05, 4.69) is 39.7 Å². The highest BCUT2D eigenvalue weighted by Crippen LogP contribution is 2.67. The van der Waals surface area contributed by atoms with Crippen LogP contribution in [0.3, 0.4) is 0 Å². The van der Waals surface area contributed by atoms with E-state index in [1.54, 1.807) is 12.1 Å². The second-order valence-corrected chi connectivity index (χ2v) is 9.54. The molecule has 0 spiro atoms. The van der Waals surface area contributed by atoms with Crippen molar-refractivity contribution in [3.05, 3.63) is 65.7 Å². The van der Waals surface area contributed by atoms with Crippen LogP contribution in [-0.4, -0.2) is 29.1 Å². The molecule has 2 heterocycles. The SMILES string of the molecule is Fc1ccc(C23CC4CC(C2)C(N2CCCN2)C(C4)C3c2ccncc2)cc1. The summed E-state index contributed by atoms with van der Waals surface area (Å²) in [6.07, 6.45) is 10.3. The molecule has 2 aromatic rings. The molecule has 1 aliphatic heterocycles.